The third-order valence-corrected chi connectivity index (χ3v) is 1.69. The predicted molar refractivity (Wildman–Crippen MR) is 86.7 cm³/mol. The second-order valence-corrected chi connectivity index (χ2v) is 7.19. The first-order valence-corrected chi connectivity index (χ1v) is 7.44. The van der Waals surface area contributed by atoms with Crippen LogP contribution < -0.4 is 0 Å². The molecule has 0 radical (unpaired) electrons. The Hall–Kier alpha value is -0.860. The third kappa shape index (κ3) is 30.3. The van der Waals surface area contributed by atoms with Crippen molar-refractivity contribution in [3.63, 3.8) is 0 Å². The third-order valence-electron chi connectivity index (χ3n) is 1.69. The van der Waals surface area contributed by atoms with Crippen molar-refractivity contribution in [2.45, 2.75) is 81.8 Å². The van der Waals surface area contributed by atoms with Crippen LogP contribution in [0.3, 0.4) is 0 Å². The van der Waals surface area contributed by atoms with Crippen LogP contribution in [0.4, 0.5) is 0 Å². The molecule has 0 aliphatic carbocycles. The molecule has 0 aromatic heterocycles. The van der Waals surface area contributed by atoms with E-state index in [-0.39, 0.29) is 29.2 Å². The van der Waals surface area contributed by atoms with Crippen molar-refractivity contribution in [1.82, 2.24) is 0 Å². The van der Waals surface area contributed by atoms with Gasteiger partial charge in [0.1, 0.15) is 11.4 Å². The van der Waals surface area contributed by atoms with Crippen molar-refractivity contribution in [3.05, 3.63) is 0 Å². The Balaban J connectivity index is -0.000000246. The highest BCUT2D eigenvalue weighted by Crippen LogP contribution is 2.10. The number of ether oxygens (including phenoxy) is 1. The first-order chi connectivity index (χ1) is 8.70. The van der Waals surface area contributed by atoms with Crippen LogP contribution in [-0.2, 0) is 14.3 Å². The Morgan fingerprint density at radius 2 is 1.05 bits per heavy atom. The summed E-state index contributed by atoms with van der Waals surface area (Å²) in [6.45, 7) is 21.1. The summed E-state index contributed by atoms with van der Waals surface area (Å²) >= 11 is 0. The van der Waals surface area contributed by atoms with Gasteiger partial charge in [-0.25, -0.2) is 0 Å². The van der Waals surface area contributed by atoms with E-state index in [0.29, 0.717) is 0 Å². The fourth-order valence-electron chi connectivity index (χ4n) is 0.420. The lowest BCUT2D eigenvalue weighted by Crippen LogP contribution is -2.26. The molecule has 0 amide bonds. The van der Waals surface area contributed by atoms with Crippen molar-refractivity contribution in [2.75, 3.05) is 0 Å². The largest absolute Gasteiger partial charge is 0.460 e. The van der Waals surface area contributed by atoms with Crippen molar-refractivity contribution in [1.29, 1.82) is 0 Å². The first-order valence-electron chi connectivity index (χ1n) is 7.44. The van der Waals surface area contributed by atoms with E-state index in [4.69, 9.17) is 4.74 Å². The normalized spacial score (nSPS) is 10.5. The molecule has 0 aliphatic heterocycles. The molecule has 0 heterocycles. The molecule has 0 saturated carbocycles. The summed E-state index contributed by atoms with van der Waals surface area (Å²) in [6, 6.07) is 0. The van der Waals surface area contributed by atoms with E-state index in [2.05, 4.69) is 20.8 Å². The zero-order valence-corrected chi connectivity index (χ0v) is 15.5. The second-order valence-electron chi connectivity index (χ2n) is 7.19. The van der Waals surface area contributed by atoms with Gasteiger partial charge in [-0.2, -0.15) is 0 Å². The molecule has 0 rings (SSSR count). The molecule has 0 N–H and O–H groups in total. The van der Waals surface area contributed by atoms with Crippen LogP contribution in [-0.4, -0.2) is 17.4 Å². The average molecular weight is 288 g/mol. The van der Waals surface area contributed by atoms with Crippen LogP contribution in [0.2, 0.25) is 0 Å². The molecule has 0 aromatic rings. The lowest BCUT2D eigenvalue weighted by Gasteiger charge is -2.20. The lowest BCUT2D eigenvalue weighted by molar-refractivity contribution is -0.158. The molecule has 0 bridgehead atoms. The molecule has 3 heteroatoms. The molecule has 0 fully saturated rings. The Morgan fingerprint density at radius 1 is 0.800 bits per heavy atom. The highest BCUT2D eigenvalue weighted by molar-refractivity contribution is 5.77. The van der Waals surface area contributed by atoms with Crippen molar-refractivity contribution < 1.29 is 14.3 Å². The highest BCUT2D eigenvalue weighted by Gasteiger charge is 2.18. The van der Waals surface area contributed by atoms with Crippen LogP contribution in [0.5, 0.6) is 0 Å². The van der Waals surface area contributed by atoms with E-state index in [0.717, 1.165) is 5.92 Å². The molecule has 0 aliphatic rings. The van der Waals surface area contributed by atoms with Gasteiger partial charge in [0, 0.05) is 5.92 Å². The number of esters is 1. The van der Waals surface area contributed by atoms with Gasteiger partial charge in [-0.15, -0.1) is 0 Å². The van der Waals surface area contributed by atoms with Gasteiger partial charge in [-0.1, -0.05) is 48.5 Å². The van der Waals surface area contributed by atoms with Gasteiger partial charge in [0.15, 0.2) is 0 Å². The van der Waals surface area contributed by atoms with E-state index in [1.807, 2.05) is 48.5 Å². The number of Topliss-reactive ketones (excluding diaryl/α,β-unsaturated/α-hetero) is 1. The number of hydrogen-bond donors (Lipinski definition) is 0. The Labute approximate surface area is 126 Å². The minimum absolute atomic E-state index is 0.0285. The van der Waals surface area contributed by atoms with Crippen LogP contribution >= 0.6 is 0 Å². The first kappa shape index (κ1) is 24.2. The van der Waals surface area contributed by atoms with Crippen molar-refractivity contribution in [3.8, 4) is 0 Å². The topological polar surface area (TPSA) is 43.4 Å². The maximum Gasteiger partial charge on any atom is 0.308 e. The molecule has 0 atom stereocenters. The van der Waals surface area contributed by atoms with E-state index < -0.39 is 0 Å². The average Bonchev–Trinajstić information content (AvgIpc) is 2.14. The molecule has 122 valence electrons. The molecule has 0 spiro atoms. The summed E-state index contributed by atoms with van der Waals surface area (Å²) in [5.74, 6) is 1.15. The monoisotopic (exact) mass is 288 g/mol. The van der Waals surface area contributed by atoms with Gasteiger partial charge >= 0.3 is 5.97 Å². The zero-order valence-electron chi connectivity index (χ0n) is 15.5. The van der Waals surface area contributed by atoms with Crippen LogP contribution in [0.15, 0.2) is 0 Å². The van der Waals surface area contributed by atoms with Gasteiger partial charge in [-0.3, -0.25) is 9.59 Å². The molecule has 0 unspecified atom stereocenters. The Morgan fingerprint density at radius 3 is 1.10 bits per heavy atom. The van der Waals surface area contributed by atoms with Gasteiger partial charge in [0.05, 0.1) is 5.92 Å². The Bertz CT molecular complexity index is 255. The zero-order chi connectivity index (χ0) is 17.1. The van der Waals surface area contributed by atoms with Crippen LogP contribution in [0.25, 0.3) is 0 Å². The maximum atomic E-state index is 10.9. The van der Waals surface area contributed by atoms with E-state index in [1.165, 1.54) is 0 Å². The minimum atomic E-state index is -0.346. The fraction of sp³-hybridized carbons (Fsp3) is 0.882. The molecule has 20 heavy (non-hydrogen) atoms. The summed E-state index contributed by atoms with van der Waals surface area (Å²) in [5.41, 5.74) is -0.346. The van der Waals surface area contributed by atoms with Crippen LogP contribution in [0.1, 0.15) is 76.2 Å². The van der Waals surface area contributed by atoms with E-state index in [1.54, 1.807) is 6.92 Å². The smallest absolute Gasteiger partial charge is 0.308 e. The summed E-state index contributed by atoms with van der Waals surface area (Å²) in [6.07, 6.45) is 0. The predicted octanol–water partition coefficient (Wildman–Crippen LogP) is 4.88. The van der Waals surface area contributed by atoms with Crippen LogP contribution in [0, 0.1) is 17.8 Å². The van der Waals surface area contributed by atoms with Gasteiger partial charge in [-0.05, 0) is 33.6 Å². The number of carbonyl (C=O) groups excluding carboxylic acids is 2. The minimum Gasteiger partial charge on any atom is -0.460 e. The van der Waals surface area contributed by atoms with E-state index >= 15 is 0 Å². The van der Waals surface area contributed by atoms with Gasteiger partial charge in [0.25, 0.3) is 0 Å². The summed E-state index contributed by atoms with van der Waals surface area (Å²) in [4.78, 5) is 21.1. The summed E-state index contributed by atoms with van der Waals surface area (Å²) in [7, 11) is 0. The van der Waals surface area contributed by atoms with Crippen molar-refractivity contribution in [2.24, 2.45) is 17.8 Å². The van der Waals surface area contributed by atoms with Gasteiger partial charge in [0.2, 0.25) is 0 Å². The number of rotatable bonds is 2. The number of carbonyl (C=O) groups is 2. The Kier molecular flexibility index (Phi) is 14.4. The fourth-order valence-corrected chi connectivity index (χ4v) is 0.420. The lowest BCUT2D eigenvalue weighted by atomic mass is 10.1. The maximum absolute atomic E-state index is 10.9. The summed E-state index contributed by atoms with van der Waals surface area (Å²) < 4.78 is 5.06. The number of hydrogen-bond acceptors (Lipinski definition) is 3. The highest BCUT2D eigenvalue weighted by atomic mass is 16.6. The SMILES string of the molecule is CC(=O)C(C)C.CC(C)C.CC(C)C(=O)OC(C)(C)C. The second kappa shape index (κ2) is 11.9. The molecule has 0 aromatic carbocycles. The number of ketones is 1. The molecule has 0 saturated heterocycles. The summed E-state index contributed by atoms with van der Waals surface area (Å²) in [5, 5.41) is 0. The quantitative estimate of drug-likeness (QED) is 0.680. The van der Waals surface area contributed by atoms with E-state index in [9.17, 15) is 9.59 Å². The van der Waals surface area contributed by atoms with Gasteiger partial charge < -0.3 is 4.74 Å². The molecular weight excluding hydrogens is 252 g/mol. The van der Waals surface area contributed by atoms with Crippen molar-refractivity contribution >= 4 is 11.8 Å². The standard InChI is InChI=1S/C8H16O2.C5H10O.C4H10/c1-6(2)7(9)10-8(3,4)5;1-4(2)5(3)6;1-4(2)3/h6H,1-5H3;4H,1-3H3;4H,1-3H3. The molecule has 3 nitrogen and oxygen atoms in total. The molecular formula is C17H36O3.